The van der Waals surface area contributed by atoms with Crippen molar-refractivity contribution in [1.82, 2.24) is 0 Å². The van der Waals surface area contributed by atoms with E-state index in [4.69, 9.17) is 14.2 Å². The van der Waals surface area contributed by atoms with E-state index in [0.717, 1.165) is 116 Å². The van der Waals surface area contributed by atoms with Gasteiger partial charge in [0.05, 0.1) is 0 Å². The molecule has 420 valence electrons. The lowest BCUT2D eigenvalue weighted by Gasteiger charge is -2.18. The average Bonchev–Trinajstić information content (AvgIpc) is 3.39. The molecule has 0 radical (unpaired) electrons. The minimum absolute atomic E-state index is 0.0849. The first kappa shape index (κ1) is 69.6. The second-order valence-corrected chi connectivity index (χ2v) is 20.6. The summed E-state index contributed by atoms with van der Waals surface area (Å²) in [7, 11) is 0. The summed E-state index contributed by atoms with van der Waals surface area (Å²) in [5, 5.41) is 0. The predicted octanol–water partition coefficient (Wildman–Crippen LogP) is 21.1. The maximum atomic E-state index is 12.9. The van der Waals surface area contributed by atoms with Crippen LogP contribution in [0.4, 0.5) is 0 Å². The maximum absolute atomic E-state index is 12.9. The fraction of sp³-hybridized carbons (Fsp3) is 0.746. The first-order chi connectivity index (χ1) is 36.0. The van der Waals surface area contributed by atoms with Crippen molar-refractivity contribution in [2.75, 3.05) is 13.2 Å². The number of hydrogen-bond donors (Lipinski definition) is 0. The van der Waals surface area contributed by atoms with Crippen molar-refractivity contribution < 1.29 is 28.6 Å². The molecule has 0 aliphatic rings. The molecule has 0 aliphatic heterocycles. The van der Waals surface area contributed by atoms with E-state index in [1.165, 1.54) is 148 Å². The van der Waals surface area contributed by atoms with Gasteiger partial charge in [-0.05, 0) is 89.9 Å². The lowest BCUT2D eigenvalue weighted by Crippen LogP contribution is -2.30. The molecule has 1 unspecified atom stereocenters. The van der Waals surface area contributed by atoms with E-state index < -0.39 is 6.10 Å². The van der Waals surface area contributed by atoms with E-state index in [1.807, 2.05) is 0 Å². The average molecular weight is 1020 g/mol. The summed E-state index contributed by atoms with van der Waals surface area (Å²) in [6.07, 6.45) is 80.1. The van der Waals surface area contributed by atoms with E-state index in [2.05, 4.69) is 106 Å². The van der Waals surface area contributed by atoms with Crippen LogP contribution in [0.2, 0.25) is 0 Å². The lowest BCUT2D eigenvalue weighted by molar-refractivity contribution is -0.167. The molecule has 0 aromatic heterocycles. The molecule has 1 atom stereocenters. The number of ether oxygens (including phenoxy) is 3. The molecular weight excluding hydrogens is 901 g/mol. The summed E-state index contributed by atoms with van der Waals surface area (Å²) >= 11 is 0. The van der Waals surface area contributed by atoms with Crippen LogP contribution in [0.15, 0.2) is 85.1 Å². The molecule has 0 amide bonds. The zero-order chi connectivity index (χ0) is 52.9. The van der Waals surface area contributed by atoms with Gasteiger partial charge in [-0.2, -0.15) is 0 Å². The van der Waals surface area contributed by atoms with Crippen LogP contribution in [0, 0.1) is 0 Å². The number of carbonyl (C=O) groups excluding carboxylic acids is 3. The van der Waals surface area contributed by atoms with Gasteiger partial charge in [-0.3, -0.25) is 14.4 Å². The van der Waals surface area contributed by atoms with Gasteiger partial charge in [0.2, 0.25) is 0 Å². The Bertz CT molecular complexity index is 1400. The van der Waals surface area contributed by atoms with Crippen molar-refractivity contribution in [3.63, 3.8) is 0 Å². The van der Waals surface area contributed by atoms with Crippen LogP contribution >= 0.6 is 0 Å². The van der Waals surface area contributed by atoms with Crippen LogP contribution in [0.5, 0.6) is 0 Å². The van der Waals surface area contributed by atoms with Crippen LogP contribution in [0.3, 0.4) is 0 Å². The Morgan fingerprint density at radius 3 is 0.877 bits per heavy atom. The SMILES string of the molecule is CC/C=C\C/C=C\C/C=C\C/C=C\C/C=C\CCCCCCCCCC(=O)OCC(COC(=O)CCCCCCC/C=C\C/C=C\CCCC)OC(=O)CCCCCCCCCCCCCCCCCCCC. The summed E-state index contributed by atoms with van der Waals surface area (Å²) in [4.78, 5) is 38.3. The van der Waals surface area contributed by atoms with E-state index in [0.29, 0.717) is 19.3 Å². The van der Waals surface area contributed by atoms with Gasteiger partial charge in [-0.15, -0.1) is 0 Å². The molecule has 0 fully saturated rings. The number of carbonyl (C=O) groups is 3. The third-order valence-corrected chi connectivity index (χ3v) is 13.4. The Morgan fingerprint density at radius 2 is 0.548 bits per heavy atom. The van der Waals surface area contributed by atoms with Crippen LogP contribution in [0.25, 0.3) is 0 Å². The topological polar surface area (TPSA) is 78.9 Å². The summed E-state index contributed by atoms with van der Waals surface area (Å²) in [5.41, 5.74) is 0. The quantitative estimate of drug-likeness (QED) is 0.0261. The molecule has 0 saturated carbocycles. The van der Waals surface area contributed by atoms with Crippen LogP contribution < -0.4 is 0 Å². The van der Waals surface area contributed by atoms with E-state index in [-0.39, 0.29) is 31.1 Å². The Kier molecular flexibility index (Phi) is 58.3. The zero-order valence-corrected chi connectivity index (χ0v) is 48.1. The highest BCUT2D eigenvalue weighted by atomic mass is 16.6. The Morgan fingerprint density at radius 1 is 0.288 bits per heavy atom. The molecule has 0 spiro atoms. The molecule has 0 aromatic carbocycles. The molecule has 0 N–H and O–H groups in total. The highest BCUT2D eigenvalue weighted by molar-refractivity contribution is 5.71. The zero-order valence-electron chi connectivity index (χ0n) is 48.1. The molecule has 0 bridgehead atoms. The molecule has 0 rings (SSSR count). The first-order valence-corrected chi connectivity index (χ1v) is 31.1. The summed E-state index contributed by atoms with van der Waals surface area (Å²) in [6.45, 7) is 6.50. The highest BCUT2D eigenvalue weighted by Crippen LogP contribution is 2.16. The van der Waals surface area contributed by atoms with Gasteiger partial charge in [-0.1, -0.05) is 279 Å². The minimum Gasteiger partial charge on any atom is -0.462 e. The standard InChI is InChI=1S/C67H116O6/c1-4-7-10-13-16-19-22-25-28-30-32-33-34-35-36-38-39-42-45-48-51-54-57-60-66(69)72-63-64(62-71-65(68)59-56-53-50-47-44-41-27-24-21-18-15-12-9-6-3)73-67(70)61-58-55-52-49-46-43-40-37-31-29-26-23-20-17-14-11-8-5-2/h7,10,15-16,18-19,24-25,27-28,32-33,35-36,64H,4-6,8-9,11-14,17,20-23,26,29-31,34,37-63H2,1-3H3/b10-7-,18-15-,19-16-,27-24-,28-25-,33-32-,36-35-. The number of rotatable bonds is 56. The molecule has 6 nitrogen and oxygen atoms in total. The van der Waals surface area contributed by atoms with Crippen molar-refractivity contribution in [2.24, 2.45) is 0 Å². The monoisotopic (exact) mass is 1020 g/mol. The molecular formula is C67H116O6. The number of unbranched alkanes of at least 4 members (excludes halogenated alkanes) is 31. The van der Waals surface area contributed by atoms with Crippen molar-refractivity contribution in [1.29, 1.82) is 0 Å². The molecule has 0 aliphatic carbocycles. The van der Waals surface area contributed by atoms with Crippen molar-refractivity contribution in [3.8, 4) is 0 Å². The Hall–Kier alpha value is -3.41. The van der Waals surface area contributed by atoms with Crippen LogP contribution in [-0.2, 0) is 28.6 Å². The van der Waals surface area contributed by atoms with Gasteiger partial charge < -0.3 is 14.2 Å². The van der Waals surface area contributed by atoms with Gasteiger partial charge in [-0.25, -0.2) is 0 Å². The minimum atomic E-state index is -0.787. The first-order valence-electron chi connectivity index (χ1n) is 31.1. The van der Waals surface area contributed by atoms with E-state index in [1.54, 1.807) is 0 Å². The molecule has 0 heterocycles. The van der Waals surface area contributed by atoms with Gasteiger partial charge >= 0.3 is 17.9 Å². The predicted molar refractivity (Wildman–Crippen MR) is 316 cm³/mol. The van der Waals surface area contributed by atoms with E-state index >= 15 is 0 Å². The second-order valence-electron chi connectivity index (χ2n) is 20.6. The highest BCUT2D eigenvalue weighted by Gasteiger charge is 2.19. The van der Waals surface area contributed by atoms with Gasteiger partial charge in [0, 0.05) is 19.3 Å². The number of hydrogen-bond acceptors (Lipinski definition) is 6. The van der Waals surface area contributed by atoms with E-state index in [9.17, 15) is 14.4 Å². The Balaban J connectivity index is 4.37. The molecule has 6 heteroatoms. The number of allylic oxidation sites excluding steroid dienone is 14. The summed E-state index contributed by atoms with van der Waals surface area (Å²) in [6, 6.07) is 0. The fourth-order valence-electron chi connectivity index (χ4n) is 8.72. The second kappa shape index (κ2) is 61.1. The number of esters is 3. The summed E-state index contributed by atoms with van der Waals surface area (Å²) < 4.78 is 16.9. The van der Waals surface area contributed by atoms with Crippen molar-refractivity contribution in [3.05, 3.63) is 85.1 Å². The molecule has 73 heavy (non-hydrogen) atoms. The van der Waals surface area contributed by atoms with Gasteiger partial charge in [0.15, 0.2) is 6.10 Å². The smallest absolute Gasteiger partial charge is 0.306 e. The third-order valence-electron chi connectivity index (χ3n) is 13.4. The van der Waals surface area contributed by atoms with Gasteiger partial charge in [0.1, 0.15) is 13.2 Å². The largest absolute Gasteiger partial charge is 0.462 e. The van der Waals surface area contributed by atoms with Crippen molar-refractivity contribution >= 4 is 17.9 Å². The maximum Gasteiger partial charge on any atom is 0.306 e. The van der Waals surface area contributed by atoms with Gasteiger partial charge in [0.25, 0.3) is 0 Å². The third kappa shape index (κ3) is 59.3. The Labute approximate surface area is 452 Å². The normalized spacial score (nSPS) is 12.6. The fourth-order valence-corrected chi connectivity index (χ4v) is 8.72. The lowest BCUT2D eigenvalue weighted by atomic mass is 10.0. The molecule has 0 aromatic rings. The molecule has 0 saturated heterocycles. The van der Waals surface area contributed by atoms with Crippen LogP contribution in [-0.4, -0.2) is 37.2 Å². The van der Waals surface area contributed by atoms with Crippen molar-refractivity contribution in [2.45, 2.75) is 309 Å². The van der Waals surface area contributed by atoms with Crippen LogP contribution in [0.1, 0.15) is 303 Å². The summed E-state index contributed by atoms with van der Waals surface area (Å²) in [5.74, 6) is -0.896.